The summed E-state index contributed by atoms with van der Waals surface area (Å²) in [6.45, 7) is 7.54. The second-order valence-corrected chi connectivity index (χ2v) is 7.34. The van der Waals surface area contributed by atoms with Gasteiger partial charge in [-0.3, -0.25) is 0 Å². The molecule has 18 heavy (non-hydrogen) atoms. The van der Waals surface area contributed by atoms with Gasteiger partial charge < -0.3 is 14.4 Å². The molecule has 2 saturated heterocycles. The maximum Gasteiger partial charge on any atom is 0.410 e. The van der Waals surface area contributed by atoms with E-state index in [0.717, 1.165) is 24.9 Å². The number of hydrogen-bond donors (Lipinski definition) is 0. The Kier molecular flexibility index (Phi) is 1.98. The van der Waals surface area contributed by atoms with E-state index in [0.29, 0.717) is 24.0 Å². The van der Waals surface area contributed by atoms with Crippen molar-refractivity contribution in [2.45, 2.75) is 45.0 Å². The summed E-state index contributed by atoms with van der Waals surface area (Å²) in [5.74, 6) is 2.78. The zero-order valence-electron chi connectivity index (χ0n) is 11.3. The third kappa shape index (κ3) is 1.44. The average Bonchev–Trinajstić information content (AvgIpc) is 2.68. The van der Waals surface area contributed by atoms with E-state index in [1.165, 1.54) is 6.42 Å². The fourth-order valence-electron chi connectivity index (χ4n) is 4.48. The molecule has 0 aromatic heterocycles. The lowest BCUT2D eigenvalue weighted by atomic mass is 9.82. The van der Waals surface area contributed by atoms with Gasteiger partial charge in [-0.15, -0.1) is 0 Å². The van der Waals surface area contributed by atoms with E-state index < -0.39 is 0 Å². The van der Waals surface area contributed by atoms with Crippen LogP contribution in [0.3, 0.4) is 0 Å². The second-order valence-electron chi connectivity index (χ2n) is 7.34. The second kappa shape index (κ2) is 3.21. The van der Waals surface area contributed by atoms with Crippen molar-refractivity contribution in [2.24, 2.45) is 23.7 Å². The molecular formula is C14H21NO3. The van der Waals surface area contributed by atoms with Gasteiger partial charge in [0, 0.05) is 13.1 Å². The molecule has 6 atom stereocenters. The third-order valence-corrected chi connectivity index (χ3v) is 5.11. The topological polar surface area (TPSA) is 42.1 Å². The van der Waals surface area contributed by atoms with Crippen LogP contribution in [0.4, 0.5) is 4.79 Å². The highest BCUT2D eigenvalue weighted by Gasteiger charge is 2.69. The Morgan fingerprint density at radius 3 is 2.17 bits per heavy atom. The van der Waals surface area contributed by atoms with E-state index in [1.807, 2.05) is 25.7 Å². The summed E-state index contributed by atoms with van der Waals surface area (Å²) in [5.41, 5.74) is -0.390. The molecule has 0 aromatic rings. The molecule has 2 aliphatic heterocycles. The summed E-state index contributed by atoms with van der Waals surface area (Å²) in [6, 6.07) is 0. The highest BCUT2D eigenvalue weighted by molar-refractivity contribution is 5.68. The molecule has 4 nitrogen and oxygen atoms in total. The molecule has 4 aliphatic rings. The molecule has 100 valence electrons. The van der Waals surface area contributed by atoms with Crippen molar-refractivity contribution in [1.29, 1.82) is 0 Å². The van der Waals surface area contributed by atoms with E-state index in [9.17, 15) is 4.79 Å². The highest BCUT2D eigenvalue weighted by Crippen LogP contribution is 2.63. The molecule has 4 heteroatoms. The predicted molar refractivity (Wildman–Crippen MR) is 65.0 cm³/mol. The Morgan fingerprint density at radius 2 is 1.67 bits per heavy atom. The van der Waals surface area contributed by atoms with Crippen molar-refractivity contribution in [3.8, 4) is 0 Å². The molecule has 4 fully saturated rings. The first-order valence-corrected chi connectivity index (χ1v) is 7.07. The summed E-state index contributed by atoms with van der Waals surface area (Å²) in [6.07, 6.45) is 2.28. The monoisotopic (exact) mass is 251 g/mol. The zero-order valence-corrected chi connectivity index (χ0v) is 11.3. The van der Waals surface area contributed by atoms with Crippen LogP contribution >= 0.6 is 0 Å². The van der Waals surface area contributed by atoms with Gasteiger partial charge in [0.25, 0.3) is 0 Å². The highest BCUT2D eigenvalue weighted by atomic mass is 16.6. The number of likely N-dealkylation sites (tertiary alicyclic amines) is 1. The molecule has 2 aliphatic carbocycles. The average molecular weight is 251 g/mol. The quantitative estimate of drug-likeness (QED) is 0.617. The molecule has 0 aromatic carbocycles. The number of carbonyl (C=O) groups is 1. The molecular weight excluding hydrogens is 230 g/mol. The number of carbonyl (C=O) groups excluding carboxylic acids is 1. The fourth-order valence-corrected chi connectivity index (χ4v) is 4.48. The molecule has 0 N–H and O–H groups in total. The van der Waals surface area contributed by atoms with Crippen LogP contribution in [0.15, 0.2) is 0 Å². The van der Waals surface area contributed by atoms with E-state index in [-0.39, 0.29) is 11.7 Å². The zero-order chi connectivity index (χ0) is 12.7. The Bertz CT molecular complexity index is 380. The number of fused-ring (bicyclic) bond motifs is 8. The lowest BCUT2D eigenvalue weighted by Crippen LogP contribution is -2.36. The SMILES string of the molecule is CC(C)(C)OC(=O)N1C[C@@H]2C3CC(C4OC43)[C@@H]2C1. The standard InChI is InChI=1S/C14H21NO3/c1-14(2,3)18-13(16)15-5-9-7-4-8(10(9)6-15)12-11(7)17-12/h7-12H,4-6H2,1-3H3/t7?,8?,9-,10+,11?,12?. The van der Waals surface area contributed by atoms with Crippen LogP contribution in [0.2, 0.25) is 0 Å². The summed E-state index contributed by atoms with van der Waals surface area (Å²) < 4.78 is 11.2. The van der Waals surface area contributed by atoms with E-state index in [4.69, 9.17) is 9.47 Å². The van der Waals surface area contributed by atoms with Crippen molar-refractivity contribution in [3.63, 3.8) is 0 Å². The number of hydrogen-bond acceptors (Lipinski definition) is 3. The molecule has 0 spiro atoms. The van der Waals surface area contributed by atoms with Gasteiger partial charge in [0.15, 0.2) is 0 Å². The van der Waals surface area contributed by atoms with E-state index >= 15 is 0 Å². The number of rotatable bonds is 0. The van der Waals surface area contributed by atoms with Crippen molar-refractivity contribution in [3.05, 3.63) is 0 Å². The lowest BCUT2D eigenvalue weighted by molar-refractivity contribution is 0.0268. The number of nitrogens with zero attached hydrogens (tertiary/aromatic N) is 1. The summed E-state index contributed by atoms with van der Waals surface area (Å²) in [4.78, 5) is 14.0. The van der Waals surface area contributed by atoms with Crippen LogP contribution in [-0.2, 0) is 9.47 Å². The van der Waals surface area contributed by atoms with Gasteiger partial charge in [0.2, 0.25) is 0 Å². The predicted octanol–water partition coefficient (Wildman–Crippen LogP) is 1.89. The van der Waals surface area contributed by atoms with E-state index in [2.05, 4.69) is 0 Å². The summed E-state index contributed by atoms with van der Waals surface area (Å²) in [5, 5.41) is 0. The molecule has 4 unspecified atom stereocenters. The Labute approximate surface area is 108 Å². The van der Waals surface area contributed by atoms with Crippen molar-refractivity contribution in [1.82, 2.24) is 4.90 Å². The van der Waals surface area contributed by atoms with Crippen LogP contribution in [0.1, 0.15) is 27.2 Å². The maximum atomic E-state index is 12.1. The molecule has 2 bridgehead atoms. The van der Waals surface area contributed by atoms with Gasteiger partial charge in [0.1, 0.15) is 5.60 Å². The lowest BCUT2D eigenvalue weighted by Gasteiger charge is -2.25. The number of amides is 1. The van der Waals surface area contributed by atoms with Crippen LogP contribution in [0.25, 0.3) is 0 Å². The Morgan fingerprint density at radius 1 is 1.11 bits per heavy atom. The first kappa shape index (κ1) is 11.1. The van der Waals surface area contributed by atoms with Gasteiger partial charge >= 0.3 is 6.09 Å². The van der Waals surface area contributed by atoms with Crippen molar-refractivity contribution in [2.75, 3.05) is 13.1 Å². The minimum Gasteiger partial charge on any atom is -0.444 e. The van der Waals surface area contributed by atoms with Crippen LogP contribution in [0, 0.1) is 23.7 Å². The van der Waals surface area contributed by atoms with Gasteiger partial charge in [-0.05, 0) is 50.9 Å². The maximum absolute atomic E-state index is 12.1. The Hall–Kier alpha value is -0.770. The normalized spacial score (nSPS) is 48.1. The van der Waals surface area contributed by atoms with Crippen molar-refractivity contribution < 1.29 is 14.3 Å². The summed E-state index contributed by atoms with van der Waals surface area (Å²) >= 11 is 0. The first-order valence-electron chi connectivity index (χ1n) is 7.07. The smallest absolute Gasteiger partial charge is 0.410 e. The van der Waals surface area contributed by atoms with Crippen LogP contribution in [0.5, 0.6) is 0 Å². The van der Waals surface area contributed by atoms with Crippen LogP contribution < -0.4 is 0 Å². The third-order valence-electron chi connectivity index (χ3n) is 5.11. The molecule has 4 rings (SSSR count). The number of epoxide rings is 1. The first-order chi connectivity index (χ1) is 8.44. The Balaban J connectivity index is 1.45. The molecule has 2 heterocycles. The number of ether oxygens (including phenoxy) is 2. The van der Waals surface area contributed by atoms with Crippen molar-refractivity contribution >= 4 is 6.09 Å². The van der Waals surface area contributed by atoms with Crippen LogP contribution in [-0.4, -0.2) is 41.9 Å². The minimum absolute atomic E-state index is 0.133. The molecule has 0 radical (unpaired) electrons. The van der Waals surface area contributed by atoms with Gasteiger partial charge in [0.05, 0.1) is 12.2 Å². The minimum atomic E-state index is -0.390. The fraction of sp³-hybridized carbons (Fsp3) is 0.929. The largest absolute Gasteiger partial charge is 0.444 e. The molecule has 2 saturated carbocycles. The van der Waals surface area contributed by atoms with Gasteiger partial charge in [-0.2, -0.15) is 0 Å². The molecule has 1 amide bonds. The van der Waals surface area contributed by atoms with Gasteiger partial charge in [-0.1, -0.05) is 0 Å². The summed E-state index contributed by atoms with van der Waals surface area (Å²) in [7, 11) is 0. The van der Waals surface area contributed by atoms with Gasteiger partial charge in [-0.25, -0.2) is 4.79 Å². The van der Waals surface area contributed by atoms with E-state index in [1.54, 1.807) is 0 Å².